The first-order valence-electron chi connectivity index (χ1n) is 10.0. The third kappa shape index (κ3) is 3.39. The Balaban J connectivity index is 1.46. The van der Waals surface area contributed by atoms with Gasteiger partial charge in [-0.1, -0.05) is 6.07 Å². The van der Waals surface area contributed by atoms with E-state index in [1.165, 1.54) is 26.0 Å². The van der Waals surface area contributed by atoms with Crippen molar-refractivity contribution >= 4 is 17.2 Å². The van der Waals surface area contributed by atoms with Crippen molar-refractivity contribution in [2.24, 2.45) is 0 Å². The highest BCUT2D eigenvalue weighted by Crippen LogP contribution is 2.31. The number of carbonyl (C=O) groups excluding carboxylic acids is 1. The zero-order valence-corrected chi connectivity index (χ0v) is 16.7. The van der Waals surface area contributed by atoms with Crippen LogP contribution in [0, 0.1) is 0 Å². The molecule has 1 unspecified atom stereocenters. The second-order valence-electron chi connectivity index (χ2n) is 7.70. The van der Waals surface area contributed by atoms with E-state index in [2.05, 4.69) is 15.2 Å². The molecule has 1 aliphatic heterocycles. The fourth-order valence-corrected chi connectivity index (χ4v) is 4.07. The highest BCUT2D eigenvalue weighted by atomic mass is 19.4. The summed E-state index contributed by atoms with van der Waals surface area (Å²) in [6, 6.07) is 7.31. The average Bonchev–Trinajstić information content (AvgIpc) is 3.22. The molecule has 0 saturated carbocycles. The van der Waals surface area contributed by atoms with Crippen LogP contribution in [0.1, 0.15) is 40.5 Å². The first-order chi connectivity index (χ1) is 15.3. The summed E-state index contributed by atoms with van der Waals surface area (Å²) in [7, 11) is 0. The topological polar surface area (TPSA) is 84.9 Å². The van der Waals surface area contributed by atoms with Crippen LogP contribution in [0.5, 0.6) is 0 Å². The van der Waals surface area contributed by atoms with E-state index in [1.54, 1.807) is 24.4 Å². The minimum atomic E-state index is -4.49. The minimum Gasteiger partial charge on any atom is -0.338 e. The smallest absolute Gasteiger partial charge is 0.338 e. The molecule has 5 heterocycles. The number of carbonyl (C=O) groups is 1. The lowest BCUT2D eigenvalue weighted by atomic mass is 9.96. The zero-order chi connectivity index (χ0) is 22.5. The molecule has 11 heteroatoms. The molecule has 32 heavy (non-hydrogen) atoms. The number of pyridine rings is 2. The van der Waals surface area contributed by atoms with Gasteiger partial charge in [-0.3, -0.25) is 18.4 Å². The Morgan fingerprint density at radius 1 is 1.06 bits per heavy atom. The van der Waals surface area contributed by atoms with Gasteiger partial charge in [0.1, 0.15) is 17.0 Å². The van der Waals surface area contributed by atoms with E-state index in [0.29, 0.717) is 36.5 Å². The summed E-state index contributed by atoms with van der Waals surface area (Å²) in [5.74, 6) is -0.422. The van der Waals surface area contributed by atoms with Gasteiger partial charge in [0.15, 0.2) is 5.65 Å². The molecule has 0 aliphatic carbocycles. The van der Waals surface area contributed by atoms with Crippen molar-refractivity contribution in [1.29, 1.82) is 0 Å². The second kappa shape index (κ2) is 7.43. The Kier molecular flexibility index (Phi) is 4.68. The van der Waals surface area contributed by atoms with Gasteiger partial charge in [-0.2, -0.15) is 13.2 Å². The van der Waals surface area contributed by atoms with Crippen molar-refractivity contribution in [3.05, 3.63) is 76.2 Å². The quantitative estimate of drug-likeness (QED) is 0.477. The van der Waals surface area contributed by atoms with Crippen molar-refractivity contribution in [3.63, 3.8) is 0 Å². The summed E-state index contributed by atoms with van der Waals surface area (Å²) >= 11 is 0. The molecule has 164 valence electrons. The van der Waals surface area contributed by atoms with E-state index in [9.17, 15) is 22.8 Å². The van der Waals surface area contributed by atoms with E-state index in [-0.39, 0.29) is 18.0 Å². The molecule has 0 bridgehead atoms. The minimum absolute atomic E-state index is 0.0557. The fourth-order valence-electron chi connectivity index (χ4n) is 4.07. The van der Waals surface area contributed by atoms with Crippen LogP contribution >= 0.6 is 0 Å². The van der Waals surface area contributed by atoms with Gasteiger partial charge >= 0.3 is 6.18 Å². The molecule has 0 N–H and O–H groups in total. The average molecular weight is 442 g/mol. The predicted octanol–water partition coefficient (Wildman–Crippen LogP) is 2.78. The van der Waals surface area contributed by atoms with E-state index >= 15 is 0 Å². The van der Waals surface area contributed by atoms with Crippen LogP contribution in [-0.2, 0) is 6.18 Å². The number of hydrogen-bond donors (Lipinski definition) is 0. The van der Waals surface area contributed by atoms with E-state index in [0.717, 1.165) is 12.3 Å². The highest BCUT2D eigenvalue weighted by molar-refractivity contribution is 5.93. The lowest BCUT2D eigenvalue weighted by Crippen LogP contribution is -2.42. The summed E-state index contributed by atoms with van der Waals surface area (Å²) in [4.78, 5) is 31.6. The maximum atomic E-state index is 13.2. The molecular weight excluding hydrogens is 425 g/mol. The molecule has 1 fully saturated rings. The number of piperidine rings is 1. The summed E-state index contributed by atoms with van der Waals surface area (Å²) in [5, 5.41) is 8.07. The van der Waals surface area contributed by atoms with Crippen LogP contribution in [0.4, 0.5) is 13.2 Å². The molecule has 1 saturated heterocycles. The third-order valence-electron chi connectivity index (χ3n) is 5.67. The second-order valence-corrected chi connectivity index (χ2v) is 7.70. The van der Waals surface area contributed by atoms with Gasteiger partial charge in [0.2, 0.25) is 0 Å². The maximum absolute atomic E-state index is 13.2. The van der Waals surface area contributed by atoms with Crippen molar-refractivity contribution in [2.45, 2.75) is 24.9 Å². The van der Waals surface area contributed by atoms with Gasteiger partial charge in [-0.25, -0.2) is 4.98 Å². The van der Waals surface area contributed by atoms with Crippen molar-refractivity contribution in [1.82, 2.24) is 28.9 Å². The van der Waals surface area contributed by atoms with Crippen molar-refractivity contribution < 1.29 is 18.0 Å². The molecule has 1 amide bonds. The first-order valence-corrected chi connectivity index (χ1v) is 10.0. The fraction of sp³-hybridized carbons (Fsp3) is 0.286. The summed E-state index contributed by atoms with van der Waals surface area (Å²) in [5.41, 5.74) is -0.593. The van der Waals surface area contributed by atoms with E-state index in [1.807, 2.05) is 0 Å². The van der Waals surface area contributed by atoms with Gasteiger partial charge in [0.05, 0.1) is 5.56 Å². The summed E-state index contributed by atoms with van der Waals surface area (Å²) in [6.07, 6.45) is 0.551. The standard InChI is InChI=1S/C21H17F3N6O2/c22-21(23,24)14-6-7-17-26-27-18(30(17)12-14)13-4-3-8-28(11-13)19(31)15-10-25-16-5-1-2-9-29(16)20(15)32/h1-2,5-7,9-10,12-13H,3-4,8,11H2. The Morgan fingerprint density at radius 3 is 2.72 bits per heavy atom. The van der Waals surface area contributed by atoms with E-state index < -0.39 is 23.2 Å². The molecule has 0 radical (unpaired) electrons. The van der Waals surface area contributed by atoms with Gasteiger partial charge in [0, 0.05) is 37.6 Å². The van der Waals surface area contributed by atoms with Crippen LogP contribution < -0.4 is 5.56 Å². The molecule has 0 aromatic carbocycles. The summed E-state index contributed by atoms with van der Waals surface area (Å²) < 4.78 is 42.1. The Hall–Kier alpha value is -3.76. The van der Waals surface area contributed by atoms with Crippen LogP contribution in [0.3, 0.4) is 0 Å². The Labute approximate surface area is 178 Å². The SMILES string of the molecule is O=C(c1cnc2ccccn2c1=O)N1CCCC(c2nnc3ccc(C(F)(F)F)cn23)C1. The highest BCUT2D eigenvalue weighted by Gasteiger charge is 2.33. The van der Waals surface area contributed by atoms with Gasteiger partial charge < -0.3 is 4.90 Å². The number of amides is 1. The molecular formula is C21H17F3N6O2. The molecule has 5 rings (SSSR count). The maximum Gasteiger partial charge on any atom is 0.417 e. The number of rotatable bonds is 2. The summed E-state index contributed by atoms with van der Waals surface area (Å²) in [6.45, 7) is 0.642. The normalized spacial score (nSPS) is 17.2. The molecule has 4 aromatic rings. The molecule has 1 atom stereocenters. The van der Waals surface area contributed by atoms with Crippen LogP contribution in [0.2, 0.25) is 0 Å². The van der Waals surface area contributed by atoms with Crippen molar-refractivity contribution in [3.8, 4) is 0 Å². The predicted molar refractivity (Wildman–Crippen MR) is 107 cm³/mol. The number of hydrogen-bond acceptors (Lipinski definition) is 5. The largest absolute Gasteiger partial charge is 0.417 e. The van der Waals surface area contributed by atoms with Gasteiger partial charge in [0.25, 0.3) is 11.5 Å². The van der Waals surface area contributed by atoms with E-state index in [4.69, 9.17) is 0 Å². The molecule has 4 aromatic heterocycles. The van der Waals surface area contributed by atoms with Crippen molar-refractivity contribution in [2.75, 3.05) is 13.1 Å². The number of aromatic nitrogens is 5. The van der Waals surface area contributed by atoms with Crippen LogP contribution in [0.15, 0.2) is 53.7 Å². The Morgan fingerprint density at radius 2 is 1.91 bits per heavy atom. The number of alkyl halides is 3. The zero-order valence-electron chi connectivity index (χ0n) is 16.7. The lowest BCUT2D eigenvalue weighted by Gasteiger charge is -2.31. The van der Waals surface area contributed by atoms with Crippen LogP contribution in [-0.4, -0.2) is 47.9 Å². The number of halogens is 3. The first kappa shape index (κ1) is 20.2. The number of likely N-dealkylation sites (tertiary alicyclic amines) is 1. The van der Waals surface area contributed by atoms with Gasteiger partial charge in [-0.15, -0.1) is 10.2 Å². The molecule has 0 spiro atoms. The van der Waals surface area contributed by atoms with Crippen LogP contribution in [0.25, 0.3) is 11.3 Å². The van der Waals surface area contributed by atoms with Gasteiger partial charge in [-0.05, 0) is 37.1 Å². The third-order valence-corrected chi connectivity index (χ3v) is 5.67. The Bertz CT molecular complexity index is 1390. The number of fused-ring (bicyclic) bond motifs is 2. The lowest BCUT2D eigenvalue weighted by molar-refractivity contribution is -0.137. The molecule has 1 aliphatic rings. The number of nitrogens with zero attached hydrogens (tertiary/aromatic N) is 6. The monoisotopic (exact) mass is 442 g/mol. The molecule has 8 nitrogen and oxygen atoms in total.